The highest BCUT2D eigenvalue weighted by Gasteiger charge is 2.54. The van der Waals surface area contributed by atoms with Gasteiger partial charge in [-0.15, -0.1) is 0 Å². The number of pyridine rings is 1. The largest absolute Gasteiger partial charge is 0.387 e. The van der Waals surface area contributed by atoms with Crippen LogP contribution in [0.4, 0.5) is 0 Å². The van der Waals surface area contributed by atoms with Crippen LogP contribution in [0.5, 0.6) is 0 Å². The van der Waals surface area contributed by atoms with E-state index < -0.39 is 12.2 Å². The van der Waals surface area contributed by atoms with Crippen molar-refractivity contribution in [2.75, 3.05) is 0 Å². The summed E-state index contributed by atoms with van der Waals surface area (Å²) in [6.07, 6.45) is -2.22. The van der Waals surface area contributed by atoms with E-state index >= 15 is 0 Å². The molecular formula is C21H15NO3. The molecule has 4 aromatic rings. The molecule has 1 saturated heterocycles. The molecule has 0 spiro atoms. The Labute approximate surface area is 143 Å². The maximum absolute atomic E-state index is 10.4. The number of epoxide rings is 1. The van der Waals surface area contributed by atoms with E-state index in [0.29, 0.717) is 0 Å². The van der Waals surface area contributed by atoms with E-state index in [4.69, 9.17) is 9.72 Å². The predicted molar refractivity (Wildman–Crippen MR) is 95.3 cm³/mol. The highest BCUT2D eigenvalue weighted by Crippen LogP contribution is 2.53. The lowest BCUT2D eigenvalue weighted by molar-refractivity contribution is 0.000104. The third-order valence-corrected chi connectivity index (χ3v) is 5.56. The first-order valence-electron chi connectivity index (χ1n) is 8.49. The van der Waals surface area contributed by atoms with Crippen LogP contribution in [0, 0.1) is 0 Å². The highest BCUT2D eigenvalue weighted by molar-refractivity contribution is 6.10. The number of hydrogen-bond acceptors (Lipinski definition) is 4. The minimum atomic E-state index is -0.911. The molecule has 122 valence electrons. The molecule has 0 bridgehead atoms. The predicted octanol–water partition coefficient (Wildman–Crippen LogP) is 3.39. The number of aliphatic hydroxyl groups excluding tert-OH is 2. The summed E-state index contributed by atoms with van der Waals surface area (Å²) in [5.74, 6) is 0. The summed E-state index contributed by atoms with van der Waals surface area (Å²) in [5, 5.41) is 25.0. The molecule has 4 nitrogen and oxygen atoms in total. The van der Waals surface area contributed by atoms with Crippen molar-refractivity contribution in [3.05, 3.63) is 65.7 Å². The Morgan fingerprint density at radius 1 is 0.840 bits per heavy atom. The molecule has 1 aliphatic heterocycles. The Hall–Kier alpha value is -2.53. The molecule has 2 heterocycles. The molecule has 1 aliphatic carbocycles. The molecule has 0 radical (unpaired) electrons. The van der Waals surface area contributed by atoms with Gasteiger partial charge in [0, 0.05) is 10.8 Å². The molecule has 6 rings (SSSR count). The zero-order valence-corrected chi connectivity index (χ0v) is 13.3. The van der Waals surface area contributed by atoms with E-state index in [9.17, 15) is 10.2 Å². The fourth-order valence-electron chi connectivity index (χ4n) is 4.25. The van der Waals surface area contributed by atoms with Gasteiger partial charge in [0.25, 0.3) is 0 Å². The fourth-order valence-corrected chi connectivity index (χ4v) is 4.25. The van der Waals surface area contributed by atoms with E-state index in [-0.39, 0.29) is 12.2 Å². The van der Waals surface area contributed by atoms with E-state index in [1.54, 1.807) is 0 Å². The molecule has 2 N–H and O–H groups in total. The van der Waals surface area contributed by atoms with Crippen molar-refractivity contribution < 1.29 is 14.9 Å². The van der Waals surface area contributed by atoms with E-state index in [0.717, 1.165) is 38.3 Å². The Bertz CT molecular complexity index is 1190. The van der Waals surface area contributed by atoms with Gasteiger partial charge in [-0.05, 0) is 40.1 Å². The van der Waals surface area contributed by atoms with E-state index in [1.165, 1.54) is 5.39 Å². The van der Waals surface area contributed by atoms with Crippen molar-refractivity contribution in [2.45, 2.75) is 24.4 Å². The summed E-state index contributed by atoms with van der Waals surface area (Å²) >= 11 is 0. The average molecular weight is 329 g/mol. The van der Waals surface area contributed by atoms with Gasteiger partial charge in [0.1, 0.15) is 24.4 Å². The number of rotatable bonds is 0. The van der Waals surface area contributed by atoms with Crippen molar-refractivity contribution in [1.82, 2.24) is 4.98 Å². The van der Waals surface area contributed by atoms with Gasteiger partial charge in [0.2, 0.25) is 0 Å². The quantitative estimate of drug-likeness (QED) is 0.295. The molecule has 4 atom stereocenters. The molecule has 2 unspecified atom stereocenters. The third kappa shape index (κ3) is 1.74. The van der Waals surface area contributed by atoms with Crippen molar-refractivity contribution in [1.29, 1.82) is 0 Å². The Morgan fingerprint density at radius 2 is 1.64 bits per heavy atom. The van der Waals surface area contributed by atoms with Gasteiger partial charge < -0.3 is 14.9 Å². The summed E-state index contributed by atoms with van der Waals surface area (Å²) in [7, 11) is 0. The van der Waals surface area contributed by atoms with Gasteiger partial charge in [-0.25, -0.2) is 4.98 Å². The number of ether oxygens (including phenoxy) is 1. The first kappa shape index (κ1) is 13.7. The van der Waals surface area contributed by atoms with Crippen LogP contribution in [0.3, 0.4) is 0 Å². The molecule has 0 saturated carbocycles. The summed E-state index contributed by atoms with van der Waals surface area (Å²) in [6, 6.07) is 18.3. The van der Waals surface area contributed by atoms with Crippen LogP contribution in [0.2, 0.25) is 0 Å². The second-order valence-corrected chi connectivity index (χ2v) is 6.93. The number of fused-ring (bicyclic) bond motifs is 8. The molecule has 1 aromatic heterocycles. The molecule has 2 aliphatic rings. The van der Waals surface area contributed by atoms with Crippen LogP contribution < -0.4 is 0 Å². The lowest BCUT2D eigenvalue weighted by Gasteiger charge is -2.24. The molecule has 4 heteroatoms. The van der Waals surface area contributed by atoms with E-state index in [1.807, 2.05) is 30.3 Å². The Morgan fingerprint density at radius 3 is 2.56 bits per heavy atom. The summed E-state index contributed by atoms with van der Waals surface area (Å²) in [5.41, 5.74) is 3.57. The number of aliphatic hydroxyl groups is 2. The van der Waals surface area contributed by atoms with Gasteiger partial charge in [-0.1, -0.05) is 36.4 Å². The van der Waals surface area contributed by atoms with Crippen molar-refractivity contribution in [3.8, 4) is 0 Å². The fraction of sp³-hybridized carbons (Fsp3) is 0.190. The minimum absolute atomic E-state index is 0.147. The summed E-state index contributed by atoms with van der Waals surface area (Å²) in [4.78, 5) is 4.83. The zero-order valence-electron chi connectivity index (χ0n) is 13.3. The van der Waals surface area contributed by atoms with Crippen LogP contribution in [-0.2, 0) is 4.74 Å². The van der Waals surface area contributed by atoms with Crippen molar-refractivity contribution >= 4 is 32.6 Å². The second-order valence-electron chi connectivity index (χ2n) is 6.93. The molecule has 3 aromatic carbocycles. The Kier molecular flexibility index (Phi) is 2.50. The highest BCUT2D eigenvalue weighted by atomic mass is 16.6. The lowest BCUT2D eigenvalue weighted by atomic mass is 9.85. The first-order valence-corrected chi connectivity index (χ1v) is 8.49. The Balaban J connectivity index is 1.75. The van der Waals surface area contributed by atoms with Crippen LogP contribution in [0.1, 0.15) is 23.3 Å². The monoisotopic (exact) mass is 329 g/mol. The molecular weight excluding hydrogens is 314 g/mol. The van der Waals surface area contributed by atoms with Crippen molar-refractivity contribution in [2.24, 2.45) is 0 Å². The SMILES string of the molecule is OC1c2ccc3nc4ccc5ccccc5c4cc3c2C2O[C@H]2[C@@H]1O. The maximum atomic E-state index is 10.4. The second kappa shape index (κ2) is 4.55. The average Bonchev–Trinajstić information content (AvgIpc) is 3.44. The summed E-state index contributed by atoms with van der Waals surface area (Å²) < 4.78 is 5.66. The van der Waals surface area contributed by atoms with Gasteiger partial charge in [-0.2, -0.15) is 0 Å². The zero-order chi connectivity index (χ0) is 16.7. The maximum Gasteiger partial charge on any atom is 0.118 e. The van der Waals surface area contributed by atoms with Gasteiger partial charge in [0.15, 0.2) is 0 Å². The number of nitrogens with zero attached hydrogens (tertiary/aromatic N) is 1. The normalized spacial score (nSPS) is 27.4. The van der Waals surface area contributed by atoms with Crippen LogP contribution in [0.15, 0.2) is 54.6 Å². The number of hydrogen-bond donors (Lipinski definition) is 2. The third-order valence-electron chi connectivity index (χ3n) is 5.56. The van der Waals surface area contributed by atoms with Crippen LogP contribution >= 0.6 is 0 Å². The standard InChI is InChI=1S/C21H15NO3/c23-18-12-6-8-16-14(17(12)20-21(25-20)19(18)24)9-13-11-4-2-1-3-10(11)5-7-15(13)22-16/h1-9,18-21,23-24H/t18?,19-,20?,21+/m1/s1. The van der Waals surface area contributed by atoms with Crippen molar-refractivity contribution in [3.63, 3.8) is 0 Å². The van der Waals surface area contributed by atoms with Gasteiger partial charge >= 0.3 is 0 Å². The molecule has 1 fully saturated rings. The minimum Gasteiger partial charge on any atom is -0.387 e. The number of benzene rings is 3. The summed E-state index contributed by atoms with van der Waals surface area (Å²) in [6.45, 7) is 0. The van der Waals surface area contributed by atoms with Crippen LogP contribution in [-0.4, -0.2) is 27.4 Å². The van der Waals surface area contributed by atoms with Gasteiger partial charge in [0.05, 0.1) is 11.0 Å². The van der Waals surface area contributed by atoms with Gasteiger partial charge in [-0.3, -0.25) is 0 Å². The van der Waals surface area contributed by atoms with E-state index in [2.05, 4.69) is 24.3 Å². The number of aromatic nitrogens is 1. The topological polar surface area (TPSA) is 65.9 Å². The van der Waals surface area contributed by atoms with Crippen LogP contribution in [0.25, 0.3) is 32.6 Å². The molecule has 0 amide bonds. The lowest BCUT2D eigenvalue weighted by Crippen LogP contribution is -2.29. The smallest absolute Gasteiger partial charge is 0.118 e. The molecule has 25 heavy (non-hydrogen) atoms. The first-order chi connectivity index (χ1) is 12.2.